The van der Waals surface area contributed by atoms with Crippen molar-refractivity contribution in [3.63, 3.8) is 0 Å². The van der Waals surface area contributed by atoms with Crippen molar-refractivity contribution in [1.29, 1.82) is 0 Å². The molecule has 1 unspecified atom stereocenters. The lowest BCUT2D eigenvalue weighted by Gasteiger charge is -2.22. The maximum Gasteiger partial charge on any atom is 0.308 e. The van der Waals surface area contributed by atoms with E-state index in [-0.39, 0.29) is 17.3 Å². The molecule has 20 heavy (non-hydrogen) atoms. The molecular formula is C16H32O4. The lowest BCUT2D eigenvalue weighted by Crippen LogP contribution is -2.27. The summed E-state index contributed by atoms with van der Waals surface area (Å²) >= 11 is 0. The lowest BCUT2D eigenvalue weighted by atomic mass is 9.93. The number of esters is 1. The van der Waals surface area contributed by atoms with Crippen LogP contribution >= 0.6 is 0 Å². The highest BCUT2D eigenvalue weighted by molar-refractivity contribution is 5.69. The summed E-state index contributed by atoms with van der Waals surface area (Å²) in [6, 6.07) is 0. The molecule has 0 fully saturated rings. The van der Waals surface area contributed by atoms with Crippen molar-refractivity contribution in [2.75, 3.05) is 6.61 Å². The number of hydrogen-bond donors (Lipinski definition) is 0. The second-order valence-corrected chi connectivity index (χ2v) is 6.79. The second-order valence-electron chi connectivity index (χ2n) is 6.79. The van der Waals surface area contributed by atoms with E-state index < -0.39 is 6.29 Å². The van der Waals surface area contributed by atoms with Crippen LogP contribution in [0.2, 0.25) is 0 Å². The zero-order chi connectivity index (χ0) is 15.6. The molecule has 4 heteroatoms. The van der Waals surface area contributed by atoms with E-state index in [1.54, 1.807) is 0 Å². The molecule has 0 bridgehead atoms. The summed E-state index contributed by atoms with van der Waals surface area (Å²) in [7, 11) is 0. The van der Waals surface area contributed by atoms with E-state index >= 15 is 0 Å². The first-order chi connectivity index (χ1) is 9.26. The Labute approximate surface area is 124 Å². The third-order valence-corrected chi connectivity index (χ3v) is 2.87. The first-order valence-corrected chi connectivity index (χ1v) is 7.74. The first-order valence-electron chi connectivity index (χ1n) is 7.74. The van der Waals surface area contributed by atoms with Crippen molar-refractivity contribution in [2.24, 2.45) is 11.3 Å². The Balaban J connectivity index is 3.95. The Morgan fingerprint density at radius 2 is 1.80 bits per heavy atom. The molecular weight excluding hydrogens is 256 g/mol. The minimum atomic E-state index is -0.621. The van der Waals surface area contributed by atoms with Gasteiger partial charge in [0.15, 0.2) is 0 Å². The Hall–Kier alpha value is -0.610. The Kier molecular flexibility index (Phi) is 9.86. The maximum absolute atomic E-state index is 11.7. The van der Waals surface area contributed by atoms with E-state index in [0.29, 0.717) is 13.0 Å². The van der Waals surface area contributed by atoms with E-state index in [2.05, 4.69) is 27.7 Å². The third kappa shape index (κ3) is 11.2. The predicted molar refractivity (Wildman–Crippen MR) is 80.0 cm³/mol. The van der Waals surface area contributed by atoms with Gasteiger partial charge in [-0.2, -0.15) is 4.89 Å². The molecule has 0 spiro atoms. The zero-order valence-electron chi connectivity index (χ0n) is 14.0. The van der Waals surface area contributed by atoms with Gasteiger partial charge in [-0.15, -0.1) is 0 Å². The number of hydrogen-bond acceptors (Lipinski definition) is 4. The highest BCUT2D eigenvalue weighted by atomic mass is 17.2. The Morgan fingerprint density at radius 1 is 1.15 bits per heavy atom. The van der Waals surface area contributed by atoms with Gasteiger partial charge < -0.3 is 4.74 Å². The molecule has 0 aliphatic carbocycles. The van der Waals surface area contributed by atoms with Crippen LogP contribution in [0, 0.1) is 11.3 Å². The van der Waals surface area contributed by atoms with Crippen molar-refractivity contribution in [1.82, 2.24) is 0 Å². The van der Waals surface area contributed by atoms with Gasteiger partial charge in [-0.05, 0) is 18.3 Å². The zero-order valence-corrected chi connectivity index (χ0v) is 14.0. The van der Waals surface area contributed by atoms with Crippen LogP contribution in [-0.2, 0) is 19.3 Å². The molecule has 0 aromatic rings. The monoisotopic (exact) mass is 288 g/mol. The fraction of sp³-hybridized carbons (Fsp3) is 0.938. The summed E-state index contributed by atoms with van der Waals surface area (Å²) in [6.07, 6.45) is 3.72. The molecule has 0 amide bonds. The molecule has 120 valence electrons. The largest absolute Gasteiger partial charge is 0.433 e. The molecule has 0 N–H and O–H groups in total. The van der Waals surface area contributed by atoms with E-state index in [4.69, 9.17) is 14.5 Å². The van der Waals surface area contributed by atoms with Crippen molar-refractivity contribution in [3.8, 4) is 0 Å². The molecule has 0 aliphatic heterocycles. The fourth-order valence-corrected chi connectivity index (χ4v) is 1.44. The summed E-state index contributed by atoms with van der Waals surface area (Å²) in [4.78, 5) is 22.1. The van der Waals surface area contributed by atoms with Gasteiger partial charge in [-0.1, -0.05) is 54.4 Å². The third-order valence-electron chi connectivity index (χ3n) is 2.87. The maximum atomic E-state index is 11.7. The normalized spacial score (nSPS) is 13.6. The minimum Gasteiger partial charge on any atom is -0.433 e. The SMILES string of the molecule is CCCCCC(=O)OC(OOCCC(C)(C)C)C(C)C. The van der Waals surface area contributed by atoms with Crippen LogP contribution < -0.4 is 0 Å². The van der Waals surface area contributed by atoms with Crippen molar-refractivity contribution < 1.29 is 19.3 Å². The summed E-state index contributed by atoms with van der Waals surface area (Å²) in [6.45, 7) is 12.9. The Bertz CT molecular complexity index is 256. The van der Waals surface area contributed by atoms with Gasteiger partial charge >= 0.3 is 5.97 Å². The van der Waals surface area contributed by atoms with Crippen LogP contribution in [0.1, 0.15) is 73.6 Å². The highest BCUT2D eigenvalue weighted by Gasteiger charge is 2.20. The fourth-order valence-electron chi connectivity index (χ4n) is 1.44. The van der Waals surface area contributed by atoms with E-state index in [9.17, 15) is 4.79 Å². The summed E-state index contributed by atoms with van der Waals surface area (Å²) < 4.78 is 5.30. The number of unbranched alkanes of at least 4 members (excludes halogenated alkanes) is 2. The molecule has 0 saturated heterocycles. The van der Waals surface area contributed by atoms with Gasteiger partial charge in [0.05, 0.1) is 6.61 Å². The molecule has 0 radical (unpaired) electrons. The first kappa shape index (κ1) is 19.4. The molecule has 1 atom stereocenters. The Morgan fingerprint density at radius 3 is 2.30 bits per heavy atom. The topological polar surface area (TPSA) is 44.8 Å². The molecule has 0 rings (SSSR count). The lowest BCUT2D eigenvalue weighted by molar-refractivity contribution is -0.381. The van der Waals surface area contributed by atoms with Gasteiger partial charge in [0, 0.05) is 12.3 Å². The van der Waals surface area contributed by atoms with Crippen molar-refractivity contribution >= 4 is 5.97 Å². The summed E-state index contributed by atoms with van der Waals surface area (Å²) in [5.74, 6) is -0.142. The molecule has 0 aromatic heterocycles. The quantitative estimate of drug-likeness (QED) is 0.195. The average Bonchev–Trinajstić information content (AvgIpc) is 2.31. The van der Waals surface area contributed by atoms with Crippen molar-refractivity contribution in [3.05, 3.63) is 0 Å². The van der Waals surface area contributed by atoms with Gasteiger partial charge in [0.2, 0.25) is 6.29 Å². The molecule has 4 nitrogen and oxygen atoms in total. The number of carbonyl (C=O) groups excluding carboxylic acids is 1. The molecule has 0 aromatic carbocycles. The molecule has 0 saturated carbocycles. The van der Waals surface area contributed by atoms with Crippen LogP contribution in [-0.4, -0.2) is 18.9 Å². The van der Waals surface area contributed by atoms with E-state index in [1.807, 2.05) is 13.8 Å². The van der Waals surface area contributed by atoms with Gasteiger partial charge in [0.1, 0.15) is 0 Å². The molecule has 0 heterocycles. The van der Waals surface area contributed by atoms with Gasteiger partial charge in [0.25, 0.3) is 0 Å². The van der Waals surface area contributed by atoms with Gasteiger partial charge in [-0.25, -0.2) is 4.89 Å². The predicted octanol–water partition coefficient (Wildman–Crippen LogP) is 4.48. The van der Waals surface area contributed by atoms with Crippen LogP contribution in [0.15, 0.2) is 0 Å². The van der Waals surface area contributed by atoms with Crippen LogP contribution in [0.25, 0.3) is 0 Å². The van der Waals surface area contributed by atoms with Gasteiger partial charge in [-0.3, -0.25) is 4.79 Å². The number of carbonyl (C=O) groups is 1. The highest BCUT2D eigenvalue weighted by Crippen LogP contribution is 2.19. The smallest absolute Gasteiger partial charge is 0.308 e. The standard InChI is InChI=1S/C16H32O4/c1-7-8-9-10-14(17)19-15(13(2)3)20-18-12-11-16(4,5)6/h13,15H,7-12H2,1-6H3. The summed E-state index contributed by atoms with van der Waals surface area (Å²) in [5, 5.41) is 0. The molecule has 0 aliphatic rings. The second kappa shape index (κ2) is 10.2. The van der Waals surface area contributed by atoms with Crippen LogP contribution in [0.3, 0.4) is 0 Å². The minimum absolute atomic E-state index is 0.0692. The van der Waals surface area contributed by atoms with Crippen molar-refractivity contribution in [2.45, 2.75) is 79.9 Å². The average molecular weight is 288 g/mol. The van der Waals surface area contributed by atoms with E-state index in [1.165, 1.54) is 0 Å². The summed E-state index contributed by atoms with van der Waals surface area (Å²) in [5.41, 5.74) is 0.202. The number of ether oxygens (including phenoxy) is 1. The number of rotatable bonds is 10. The van der Waals surface area contributed by atoms with E-state index in [0.717, 1.165) is 25.7 Å². The van der Waals surface area contributed by atoms with Crippen LogP contribution in [0.5, 0.6) is 0 Å². The van der Waals surface area contributed by atoms with Crippen LogP contribution in [0.4, 0.5) is 0 Å².